The van der Waals surface area contributed by atoms with Crippen LogP contribution in [0.4, 0.5) is 0 Å². The zero-order valence-electron chi connectivity index (χ0n) is 7.27. The first kappa shape index (κ1) is 7.70. The summed E-state index contributed by atoms with van der Waals surface area (Å²) in [5, 5.41) is 0. The topological polar surface area (TPSA) is 49.9 Å². The average Bonchev–Trinajstić information content (AvgIpc) is 2.99. The molecule has 1 fully saturated rings. The van der Waals surface area contributed by atoms with Crippen LogP contribution in [-0.2, 0) is 4.74 Å². The van der Waals surface area contributed by atoms with Crippen LogP contribution in [0, 0.1) is 0 Å². The highest BCUT2D eigenvalue weighted by Gasteiger charge is 2.45. The van der Waals surface area contributed by atoms with E-state index in [0.29, 0.717) is 17.7 Å². The van der Waals surface area contributed by atoms with E-state index in [4.69, 9.17) is 4.74 Å². The maximum atomic E-state index is 11.7. The number of nitrogens with zero attached hydrogens (tertiary/aromatic N) is 1. The van der Waals surface area contributed by atoms with E-state index in [0.717, 1.165) is 0 Å². The Kier molecular flexibility index (Phi) is 1.33. The largest absolute Gasteiger partial charge is 0.351 e. The predicted molar refractivity (Wildman–Crippen MR) is 46.7 cm³/mol. The van der Waals surface area contributed by atoms with Gasteiger partial charge in [-0.15, -0.1) is 0 Å². The molecule has 1 saturated heterocycles. The molecule has 0 N–H and O–H groups in total. The van der Waals surface area contributed by atoms with Gasteiger partial charge < -0.3 is 4.74 Å². The van der Waals surface area contributed by atoms with Crippen molar-refractivity contribution in [1.82, 2.24) is 4.90 Å². The lowest BCUT2D eigenvalue weighted by Gasteiger charge is -2.08. The maximum absolute atomic E-state index is 11.7. The molecule has 0 spiro atoms. The summed E-state index contributed by atoms with van der Waals surface area (Å²) in [7, 11) is 0. The summed E-state index contributed by atoms with van der Waals surface area (Å²) in [6.07, 6.45) is -0.331. The molecule has 0 bridgehead atoms. The molecule has 4 heteroatoms. The first-order valence-corrected chi connectivity index (χ1v) is 4.37. The van der Waals surface area contributed by atoms with Crippen LogP contribution in [0.5, 0.6) is 0 Å². The van der Waals surface area contributed by atoms with E-state index >= 15 is 0 Å². The summed E-state index contributed by atoms with van der Waals surface area (Å²) in [5.74, 6) is -0.485. The Bertz CT molecular complexity index is 402. The molecule has 0 radical (unpaired) electrons. The molecule has 2 aliphatic heterocycles. The van der Waals surface area contributed by atoms with Crippen molar-refractivity contribution in [2.75, 3.05) is 6.61 Å². The average molecular weight is 189 g/mol. The van der Waals surface area contributed by atoms with Crippen LogP contribution in [0.2, 0.25) is 0 Å². The number of imide groups is 1. The smallest absolute Gasteiger partial charge is 0.263 e. The molecule has 2 heterocycles. The first-order chi connectivity index (χ1) is 6.79. The van der Waals surface area contributed by atoms with Gasteiger partial charge in [0, 0.05) is 0 Å². The molecule has 4 nitrogen and oxygen atoms in total. The van der Waals surface area contributed by atoms with Gasteiger partial charge in [0.1, 0.15) is 0 Å². The van der Waals surface area contributed by atoms with Crippen molar-refractivity contribution in [3.05, 3.63) is 35.4 Å². The standard InChI is InChI=1S/C10H7NO3/c12-9-6-3-1-2-4-7(6)10(13)11(9)8-5-14-8/h1-4,8H,5H2. The van der Waals surface area contributed by atoms with Crippen LogP contribution in [-0.4, -0.2) is 29.5 Å². The molecule has 0 aromatic heterocycles. The Morgan fingerprint density at radius 2 is 1.64 bits per heavy atom. The molecule has 14 heavy (non-hydrogen) atoms. The number of hydrogen-bond donors (Lipinski definition) is 0. The van der Waals surface area contributed by atoms with Crippen LogP contribution in [0.15, 0.2) is 24.3 Å². The SMILES string of the molecule is O=C1c2ccccc2C(=O)N1C1CO1. The fourth-order valence-corrected chi connectivity index (χ4v) is 1.66. The fraction of sp³-hybridized carbons (Fsp3) is 0.200. The van der Waals surface area contributed by atoms with Gasteiger partial charge in [-0.1, -0.05) is 12.1 Å². The number of fused-ring (bicyclic) bond motifs is 1. The zero-order valence-corrected chi connectivity index (χ0v) is 7.27. The lowest BCUT2D eigenvalue weighted by atomic mass is 10.1. The minimum absolute atomic E-state index is 0.242. The van der Waals surface area contributed by atoms with Gasteiger partial charge in [-0.3, -0.25) is 9.59 Å². The van der Waals surface area contributed by atoms with E-state index in [9.17, 15) is 9.59 Å². The first-order valence-electron chi connectivity index (χ1n) is 4.37. The van der Waals surface area contributed by atoms with Gasteiger partial charge in [-0.2, -0.15) is 0 Å². The number of epoxide rings is 1. The van der Waals surface area contributed by atoms with Crippen molar-refractivity contribution in [2.45, 2.75) is 6.23 Å². The number of benzene rings is 1. The van der Waals surface area contributed by atoms with E-state index in [1.165, 1.54) is 4.90 Å². The molecular formula is C10H7NO3. The summed E-state index contributed by atoms with van der Waals surface area (Å²) in [6, 6.07) is 6.83. The van der Waals surface area contributed by atoms with E-state index in [-0.39, 0.29) is 18.0 Å². The van der Waals surface area contributed by atoms with Crippen molar-refractivity contribution in [2.24, 2.45) is 0 Å². The highest BCUT2D eigenvalue weighted by atomic mass is 16.6. The molecule has 0 aliphatic carbocycles. The summed E-state index contributed by atoms with van der Waals surface area (Å²) >= 11 is 0. The van der Waals surface area contributed by atoms with Crippen LogP contribution >= 0.6 is 0 Å². The normalized spacial score (nSPS) is 24.0. The van der Waals surface area contributed by atoms with Crippen LogP contribution in [0.1, 0.15) is 20.7 Å². The van der Waals surface area contributed by atoms with Crippen molar-refractivity contribution < 1.29 is 14.3 Å². The Balaban J connectivity index is 2.12. The van der Waals surface area contributed by atoms with Crippen molar-refractivity contribution in [1.29, 1.82) is 0 Å². The van der Waals surface area contributed by atoms with Crippen molar-refractivity contribution in [3.8, 4) is 0 Å². The highest BCUT2D eigenvalue weighted by molar-refractivity contribution is 6.21. The number of hydrogen-bond acceptors (Lipinski definition) is 3. The number of rotatable bonds is 1. The van der Waals surface area contributed by atoms with E-state index in [2.05, 4.69) is 0 Å². The quantitative estimate of drug-likeness (QED) is 0.481. The van der Waals surface area contributed by atoms with Gasteiger partial charge in [-0.25, -0.2) is 4.90 Å². The second-order valence-corrected chi connectivity index (χ2v) is 3.31. The van der Waals surface area contributed by atoms with Gasteiger partial charge in [0.15, 0.2) is 6.23 Å². The third-order valence-corrected chi connectivity index (χ3v) is 2.43. The minimum Gasteiger partial charge on any atom is -0.351 e. The molecule has 1 aromatic carbocycles. The molecular weight excluding hydrogens is 182 g/mol. The van der Waals surface area contributed by atoms with Gasteiger partial charge in [0.25, 0.3) is 11.8 Å². The molecule has 70 valence electrons. The van der Waals surface area contributed by atoms with Crippen molar-refractivity contribution >= 4 is 11.8 Å². The van der Waals surface area contributed by atoms with Gasteiger partial charge in [0.05, 0.1) is 17.7 Å². The third-order valence-electron chi connectivity index (χ3n) is 2.43. The minimum atomic E-state index is -0.331. The summed E-state index contributed by atoms with van der Waals surface area (Å²) < 4.78 is 4.95. The Hall–Kier alpha value is -1.68. The fourth-order valence-electron chi connectivity index (χ4n) is 1.66. The van der Waals surface area contributed by atoms with E-state index in [1.54, 1.807) is 24.3 Å². The molecule has 3 rings (SSSR count). The second kappa shape index (κ2) is 2.42. The molecule has 0 saturated carbocycles. The van der Waals surface area contributed by atoms with E-state index in [1.807, 2.05) is 0 Å². The van der Waals surface area contributed by atoms with Crippen LogP contribution in [0.3, 0.4) is 0 Å². The summed E-state index contributed by atoms with van der Waals surface area (Å²) in [5.41, 5.74) is 0.959. The maximum Gasteiger partial charge on any atom is 0.263 e. The predicted octanol–water partition coefficient (Wildman–Crippen LogP) is 0.639. The Morgan fingerprint density at radius 1 is 1.14 bits per heavy atom. The highest BCUT2D eigenvalue weighted by Crippen LogP contribution is 2.28. The van der Waals surface area contributed by atoms with Gasteiger partial charge in [0.2, 0.25) is 0 Å². The van der Waals surface area contributed by atoms with Gasteiger partial charge in [-0.05, 0) is 12.1 Å². The summed E-state index contributed by atoms with van der Waals surface area (Å²) in [6.45, 7) is 0.464. The molecule has 2 amide bonds. The lowest BCUT2D eigenvalue weighted by molar-refractivity contribution is 0.0579. The molecule has 1 atom stereocenters. The molecule has 1 aromatic rings. The Morgan fingerprint density at radius 3 is 2.07 bits per heavy atom. The number of carbonyl (C=O) groups excluding carboxylic acids is 2. The third kappa shape index (κ3) is 0.858. The number of ether oxygens (including phenoxy) is 1. The second-order valence-electron chi connectivity index (χ2n) is 3.31. The lowest BCUT2D eigenvalue weighted by Crippen LogP contribution is -2.32. The zero-order chi connectivity index (χ0) is 9.71. The van der Waals surface area contributed by atoms with Crippen LogP contribution < -0.4 is 0 Å². The van der Waals surface area contributed by atoms with Crippen LogP contribution in [0.25, 0.3) is 0 Å². The van der Waals surface area contributed by atoms with Crippen molar-refractivity contribution in [3.63, 3.8) is 0 Å². The molecule has 1 unspecified atom stereocenters. The summed E-state index contributed by atoms with van der Waals surface area (Å²) in [4.78, 5) is 24.6. The monoisotopic (exact) mass is 189 g/mol. The van der Waals surface area contributed by atoms with Gasteiger partial charge >= 0.3 is 0 Å². The molecule has 2 aliphatic rings. The number of amides is 2. The number of carbonyl (C=O) groups is 2. The Labute approximate surface area is 80.1 Å². The van der Waals surface area contributed by atoms with E-state index < -0.39 is 0 Å².